The van der Waals surface area contributed by atoms with Gasteiger partial charge >= 0.3 is 0 Å². The van der Waals surface area contributed by atoms with Gasteiger partial charge in [-0.25, -0.2) is 9.97 Å². The third-order valence-corrected chi connectivity index (χ3v) is 4.67. The fourth-order valence-corrected chi connectivity index (χ4v) is 3.01. The van der Waals surface area contributed by atoms with Crippen molar-refractivity contribution in [3.05, 3.63) is 52.5 Å². The largest absolute Gasteiger partial charge is 0.359 e. The van der Waals surface area contributed by atoms with Crippen molar-refractivity contribution in [3.8, 4) is 11.4 Å². The van der Waals surface area contributed by atoms with Crippen molar-refractivity contribution in [2.45, 2.75) is 26.7 Å². The van der Waals surface area contributed by atoms with Crippen LogP contribution >= 0.6 is 15.9 Å². The lowest BCUT2D eigenvalue weighted by Crippen LogP contribution is -2.20. The maximum absolute atomic E-state index is 4.89. The van der Waals surface area contributed by atoms with Gasteiger partial charge in [-0.05, 0) is 37.6 Å². The first-order valence-electron chi connectivity index (χ1n) is 8.34. The molecule has 1 aromatic heterocycles. The summed E-state index contributed by atoms with van der Waals surface area (Å²) in [5.41, 5.74) is 3.25. The summed E-state index contributed by atoms with van der Waals surface area (Å²) >= 11 is 3.48. The fourth-order valence-electron chi connectivity index (χ4n) is 2.75. The van der Waals surface area contributed by atoms with Gasteiger partial charge in [-0.2, -0.15) is 0 Å². The maximum Gasteiger partial charge on any atom is 0.162 e. The van der Waals surface area contributed by atoms with Crippen LogP contribution in [0, 0.1) is 6.92 Å². The van der Waals surface area contributed by atoms with Crippen molar-refractivity contribution in [2.75, 3.05) is 18.5 Å². The number of hydrogen-bond acceptors (Lipinski definition) is 3. The summed E-state index contributed by atoms with van der Waals surface area (Å²) < 4.78 is 1.06. The van der Waals surface area contributed by atoms with Crippen molar-refractivity contribution < 1.29 is 0 Å². The molecule has 0 unspecified atom stereocenters. The monoisotopic (exact) mass is 383 g/mol. The van der Waals surface area contributed by atoms with Crippen LogP contribution in [-0.4, -0.2) is 23.6 Å². The summed E-state index contributed by atoms with van der Waals surface area (Å²) in [7, 11) is 2.12. The van der Waals surface area contributed by atoms with Crippen LogP contribution < -0.4 is 4.90 Å². The quantitative estimate of drug-likeness (QED) is 0.573. The second-order valence-electron chi connectivity index (χ2n) is 6.17. The highest BCUT2D eigenvalue weighted by Gasteiger charge is 2.13. The van der Waals surface area contributed by atoms with Crippen LogP contribution in [0.5, 0.6) is 0 Å². The molecular weight excluding hydrogens is 362 g/mol. The Morgan fingerprint density at radius 1 is 1.04 bits per heavy atom. The van der Waals surface area contributed by atoms with Crippen LogP contribution in [-0.2, 0) is 0 Å². The molecule has 0 saturated carbocycles. The van der Waals surface area contributed by atoms with Gasteiger partial charge in [0.15, 0.2) is 5.82 Å². The molecule has 0 saturated heterocycles. The highest BCUT2D eigenvalue weighted by atomic mass is 79.9. The molecule has 0 radical (unpaired) electrons. The van der Waals surface area contributed by atoms with Crippen molar-refractivity contribution in [1.82, 2.24) is 9.97 Å². The number of nitrogens with zero attached hydrogens (tertiary/aromatic N) is 3. The minimum Gasteiger partial charge on any atom is -0.359 e. The molecule has 3 aromatic rings. The Balaban J connectivity index is 2.14. The predicted molar refractivity (Wildman–Crippen MR) is 106 cm³/mol. The average molecular weight is 384 g/mol. The van der Waals surface area contributed by atoms with Crippen molar-refractivity contribution >= 4 is 32.7 Å². The second kappa shape index (κ2) is 7.31. The summed E-state index contributed by atoms with van der Waals surface area (Å²) in [6.07, 6.45) is 2.33. The number of unbranched alkanes of at least 4 members (excludes halogenated alkanes) is 1. The lowest BCUT2D eigenvalue weighted by atomic mass is 10.1. The zero-order valence-electron chi connectivity index (χ0n) is 14.4. The summed E-state index contributed by atoms with van der Waals surface area (Å²) in [4.78, 5) is 11.9. The molecule has 0 N–H and O–H groups in total. The van der Waals surface area contributed by atoms with E-state index in [4.69, 9.17) is 9.97 Å². The first-order chi connectivity index (χ1) is 11.6. The van der Waals surface area contributed by atoms with Crippen molar-refractivity contribution in [3.63, 3.8) is 0 Å². The molecule has 0 aliphatic carbocycles. The van der Waals surface area contributed by atoms with Gasteiger partial charge in [-0.1, -0.05) is 53.0 Å². The number of halogens is 1. The van der Waals surface area contributed by atoms with Crippen LogP contribution in [0.3, 0.4) is 0 Å². The van der Waals surface area contributed by atoms with Gasteiger partial charge in [-0.3, -0.25) is 0 Å². The smallest absolute Gasteiger partial charge is 0.162 e. The first-order valence-corrected chi connectivity index (χ1v) is 9.13. The normalized spacial score (nSPS) is 11.0. The van der Waals surface area contributed by atoms with Crippen LogP contribution in [0.2, 0.25) is 0 Å². The molecule has 1 heterocycles. The zero-order valence-corrected chi connectivity index (χ0v) is 16.0. The molecule has 2 aromatic carbocycles. The Kier molecular flexibility index (Phi) is 5.14. The summed E-state index contributed by atoms with van der Waals surface area (Å²) in [5, 5.41) is 1.12. The lowest BCUT2D eigenvalue weighted by molar-refractivity contribution is 0.761. The third kappa shape index (κ3) is 3.59. The molecule has 124 valence electrons. The Morgan fingerprint density at radius 2 is 1.79 bits per heavy atom. The highest BCUT2D eigenvalue weighted by molar-refractivity contribution is 9.10. The SMILES string of the molecule is CCCCN(C)c1nc(-c2ccc(Br)cc2)nc2ccc(C)cc12. The second-order valence-corrected chi connectivity index (χ2v) is 7.09. The average Bonchev–Trinajstić information content (AvgIpc) is 2.59. The van der Waals surface area contributed by atoms with Gasteiger partial charge in [-0.15, -0.1) is 0 Å². The molecule has 3 rings (SSSR count). The Morgan fingerprint density at radius 3 is 2.50 bits per heavy atom. The lowest BCUT2D eigenvalue weighted by Gasteiger charge is -2.20. The van der Waals surface area contributed by atoms with Crippen LogP contribution in [0.4, 0.5) is 5.82 Å². The number of rotatable bonds is 5. The molecule has 0 spiro atoms. The highest BCUT2D eigenvalue weighted by Crippen LogP contribution is 2.28. The Bertz CT molecular complexity index is 843. The molecule has 4 heteroatoms. The number of aryl methyl sites for hydroxylation is 1. The minimum atomic E-state index is 0.775. The zero-order chi connectivity index (χ0) is 17.1. The molecule has 24 heavy (non-hydrogen) atoms. The predicted octanol–water partition coefficient (Wildman–Crippen LogP) is 5.60. The van der Waals surface area contributed by atoms with Crippen molar-refractivity contribution in [1.29, 1.82) is 0 Å². The van der Waals surface area contributed by atoms with E-state index in [2.05, 4.69) is 72.1 Å². The van der Waals surface area contributed by atoms with Gasteiger partial charge in [0.1, 0.15) is 5.82 Å². The van der Waals surface area contributed by atoms with E-state index in [-0.39, 0.29) is 0 Å². The van der Waals surface area contributed by atoms with E-state index in [1.54, 1.807) is 0 Å². The molecule has 3 nitrogen and oxygen atoms in total. The van der Waals surface area contributed by atoms with Crippen LogP contribution in [0.15, 0.2) is 46.9 Å². The molecule has 0 bridgehead atoms. The van der Waals surface area contributed by atoms with E-state index in [1.807, 2.05) is 12.1 Å². The van der Waals surface area contributed by atoms with Gasteiger partial charge in [0.25, 0.3) is 0 Å². The van der Waals surface area contributed by atoms with E-state index in [9.17, 15) is 0 Å². The van der Waals surface area contributed by atoms with Crippen LogP contribution in [0.25, 0.3) is 22.3 Å². The Labute approximate surface area is 151 Å². The first kappa shape index (κ1) is 16.9. The number of benzene rings is 2. The van der Waals surface area contributed by atoms with Gasteiger partial charge < -0.3 is 4.90 Å². The molecular formula is C20H22BrN3. The standard InChI is InChI=1S/C20H22BrN3/c1-4-5-12-24(3)20-17-13-14(2)6-11-18(17)22-19(23-20)15-7-9-16(21)10-8-15/h6-11,13H,4-5,12H2,1-3H3. The maximum atomic E-state index is 4.89. The van der Waals surface area contributed by atoms with Crippen molar-refractivity contribution in [2.24, 2.45) is 0 Å². The summed E-state index contributed by atoms with van der Waals surface area (Å²) in [6.45, 7) is 5.32. The topological polar surface area (TPSA) is 29.0 Å². The summed E-state index contributed by atoms with van der Waals surface area (Å²) in [6, 6.07) is 14.5. The van der Waals surface area contributed by atoms with Gasteiger partial charge in [0.2, 0.25) is 0 Å². The number of fused-ring (bicyclic) bond motifs is 1. The summed E-state index contributed by atoms with van der Waals surface area (Å²) in [5.74, 6) is 1.78. The molecule has 0 fully saturated rings. The molecule has 0 aliphatic heterocycles. The molecule has 0 aliphatic rings. The van der Waals surface area contributed by atoms with Crippen LogP contribution in [0.1, 0.15) is 25.3 Å². The number of aromatic nitrogens is 2. The van der Waals surface area contributed by atoms with E-state index in [0.717, 1.165) is 45.5 Å². The molecule has 0 atom stereocenters. The van der Waals surface area contributed by atoms with Gasteiger partial charge in [0, 0.05) is 29.0 Å². The van der Waals surface area contributed by atoms with E-state index < -0.39 is 0 Å². The minimum absolute atomic E-state index is 0.775. The fraction of sp³-hybridized carbons (Fsp3) is 0.300. The van der Waals surface area contributed by atoms with E-state index in [1.165, 1.54) is 12.0 Å². The molecule has 0 amide bonds. The number of anilines is 1. The van der Waals surface area contributed by atoms with E-state index in [0.29, 0.717) is 0 Å². The third-order valence-electron chi connectivity index (χ3n) is 4.14. The Hall–Kier alpha value is -1.94. The number of hydrogen-bond donors (Lipinski definition) is 0. The van der Waals surface area contributed by atoms with E-state index >= 15 is 0 Å². The van der Waals surface area contributed by atoms with Gasteiger partial charge in [0.05, 0.1) is 5.52 Å².